The molecule has 9 heteroatoms. The fourth-order valence-electron chi connectivity index (χ4n) is 2.82. The Bertz CT molecular complexity index is 885. The number of aromatic nitrogens is 1. The highest BCUT2D eigenvalue weighted by Gasteiger charge is 2.27. The Kier molecular flexibility index (Phi) is 4.05. The summed E-state index contributed by atoms with van der Waals surface area (Å²) < 4.78 is 16.3. The second-order valence-corrected chi connectivity index (χ2v) is 5.74. The maximum absolute atomic E-state index is 12.4. The third kappa shape index (κ3) is 2.88. The minimum atomic E-state index is -0.674. The molecule has 2 amide bonds. The maximum atomic E-state index is 12.4. The molecule has 1 aromatic heterocycles. The molecule has 0 saturated heterocycles. The van der Waals surface area contributed by atoms with Gasteiger partial charge < -0.3 is 19.1 Å². The van der Waals surface area contributed by atoms with Crippen LogP contribution in [0.1, 0.15) is 15.9 Å². The van der Waals surface area contributed by atoms with Crippen LogP contribution < -0.4 is 24.6 Å². The first kappa shape index (κ1) is 16.2. The van der Waals surface area contributed by atoms with Crippen LogP contribution in [0.25, 0.3) is 0 Å². The van der Waals surface area contributed by atoms with Crippen LogP contribution in [0, 0.1) is 0 Å². The molecule has 0 fully saturated rings. The molecule has 26 heavy (non-hydrogen) atoms. The van der Waals surface area contributed by atoms with E-state index >= 15 is 0 Å². The second-order valence-electron chi connectivity index (χ2n) is 5.74. The molecular weight excluding hydrogens is 342 g/mol. The Balaban J connectivity index is 1.66. The van der Waals surface area contributed by atoms with Gasteiger partial charge in [-0.1, -0.05) is 0 Å². The average molecular weight is 357 g/mol. The van der Waals surface area contributed by atoms with E-state index in [-0.39, 0.29) is 24.6 Å². The molecule has 2 aromatic rings. The topological polar surface area (TPSA) is 110 Å². The van der Waals surface area contributed by atoms with Gasteiger partial charge in [-0.25, -0.2) is 10.5 Å². The molecular formula is C17H15N3O6. The number of hydroxylamine groups is 1. The third-order valence-electron chi connectivity index (χ3n) is 4.06. The van der Waals surface area contributed by atoms with Crippen molar-refractivity contribution in [1.82, 2.24) is 10.5 Å². The van der Waals surface area contributed by atoms with Crippen molar-refractivity contribution < 1.29 is 29.0 Å². The summed E-state index contributed by atoms with van der Waals surface area (Å²) in [6.07, 6.45) is 1.61. The van der Waals surface area contributed by atoms with E-state index in [1.54, 1.807) is 23.8 Å². The van der Waals surface area contributed by atoms with E-state index in [0.29, 0.717) is 36.3 Å². The molecule has 2 N–H and O–H groups in total. The van der Waals surface area contributed by atoms with Crippen LogP contribution in [0.15, 0.2) is 30.5 Å². The molecule has 2 aliphatic heterocycles. The molecule has 2 aliphatic rings. The third-order valence-corrected chi connectivity index (χ3v) is 4.06. The number of rotatable bonds is 3. The van der Waals surface area contributed by atoms with E-state index in [1.807, 2.05) is 0 Å². The van der Waals surface area contributed by atoms with Crippen molar-refractivity contribution in [2.24, 2.45) is 0 Å². The number of hydrogen-bond donors (Lipinski definition) is 2. The first-order chi connectivity index (χ1) is 12.7. The highest BCUT2D eigenvalue weighted by molar-refractivity contribution is 6.01. The lowest BCUT2D eigenvalue weighted by Crippen LogP contribution is -2.38. The normalized spacial score (nSPS) is 15.1. The predicted molar refractivity (Wildman–Crippen MR) is 87.6 cm³/mol. The molecule has 0 bridgehead atoms. The molecule has 0 unspecified atom stereocenters. The molecule has 3 heterocycles. The lowest BCUT2D eigenvalue weighted by atomic mass is 10.1. The number of carbonyl (C=O) groups excluding carboxylic acids is 2. The van der Waals surface area contributed by atoms with Crippen LogP contribution in [0.5, 0.6) is 17.4 Å². The van der Waals surface area contributed by atoms with Crippen molar-refractivity contribution in [3.05, 3.63) is 41.6 Å². The van der Waals surface area contributed by atoms with Gasteiger partial charge >= 0.3 is 0 Å². The van der Waals surface area contributed by atoms with Crippen molar-refractivity contribution >= 4 is 17.5 Å². The molecule has 134 valence electrons. The summed E-state index contributed by atoms with van der Waals surface area (Å²) in [7, 11) is 0. The Labute approximate surface area is 148 Å². The zero-order valence-electron chi connectivity index (χ0n) is 13.6. The van der Waals surface area contributed by atoms with Crippen molar-refractivity contribution in [3.8, 4) is 17.4 Å². The van der Waals surface area contributed by atoms with Gasteiger partial charge in [-0.05, 0) is 29.8 Å². The molecule has 4 rings (SSSR count). The lowest BCUT2D eigenvalue weighted by Gasteiger charge is -2.30. The van der Waals surface area contributed by atoms with Crippen LogP contribution in [0.3, 0.4) is 0 Å². The van der Waals surface area contributed by atoms with Gasteiger partial charge in [-0.3, -0.25) is 14.8 Å². The number of nitrogens with zero attached hydrogens (tertiary/aromatic N) is 2. The number of fused-ring (bicyclic) bond motifs is 2. The highest BCUT2D eigenvalue weighted by atomic mass is 16.6. The first-order valence-electron chi connectivity index (χ1n) is 7.92. The molecule has 0 spiro atoms. The van der Waals surface area contributed by atoms with Crippen molar-refractivity contribution in [1.29, 1.82) is 0 Å². The fourth-order valence-corrected chi connectivity index (χ4v) is 2.82. The standard InChI is InChI=1S/C17H15N3O6/c21-15-9-26-13-2-1-11(16(22)19-23)6-12(13)20(15)8-10-5-14-17(18-7-10)25-4-3-24-14/h1-2,5-7,23H,3-4,8-9H2,(H,19,22). The number of benzene rings is 1. The van der Waals surface area contributed by atoms with E-state index in [9.17, 15) is 9.59 Å². The summed E-state index contributed by atoms with van der Waals surface area (Å²) in [6, 6.07) is 6.35. The SMILES string of the molecule is O=C(NO)c1ccc2c(c1)N(Cc1cnc3c(c1)OCCO3)C(=O)CO2. The monoisotopic (exact) mass is 357 g/mol. The minimum Gasteiger partial charge on any atom is -0.484 e. The van der Waals surface area contributed by atoms with Crippen LogP contribution in [-0.4, -0.2) is 41.8 Å². The van der Waals surface area contributed by atoms with E-state index in [4.69, 9.17) is 19.4 Å². The summed E-state index contributed by atoms with van der Waals surface area (Å²) in [6.45, 7) is 1.01. The Morgan fingerprint density at radius 1 is 1.19 bits per heavy atom. The number of nitrogens with one attached hydrogen (secondary N) is 1. The van der Waals surface area contributed by atoms with Gasteiger partial charge in [0.2, 0.25) is 0 Å². The predicted octanol–water partition coefficient (Wildman–Crippen LogP) is 0.897. The number of pyridine rings is 1. The van der Waals surface area contributed by atoms with Gasteiger partial charge in [0, 0.05) is 11.8 Å². The number of ether oxygens (including phenoxy) is 3. The zero-order valence-corrected chi connectivity index (χ0v) is 13.6. The number of amides is 2. The van der Waals surface area contributed by atoms with Crippen molar-refractivity contribution in [3.63, 3.8) is 0 Å². The molecule has 0 radical (unpaired) electrons. The average Bonchev–Trinajstić information content (AvgIpc) is 2.69. The van der Waals surface area contributed by atoms with E-state index in [1.165, 1.54) is 17.0 Å². The Morgan fingerprint density at radius 3 is 2.88 bits per heavy atom. The van der Waals surface area contributed by atoms with E-state index in [2.05, 4.69) is 4.98 Å². The van der Waals surface area contributed by atoms with Crippen LogP contribution >= 0.6 is 0 Å². The highest BCUT2D eigenvalue weighted by Crippen LogP contribution is 2.35. The zero-order chi connectivity index (χ0) is 18.1. The number of anilines is 1. The van der Waals surface area contributed by atoms with Crippen molar-refractivity contribution in [2.75, 3.05) is 24.7 Å². The first-order valence-corrected chi connectivity index (χ1v) is 7.92. The molecule has 0 atom stereocenters. The number of hydrogen-bond acceptors (Lipinski definition) is 7. The fraction of sp³-hybridized carbons (Fsp3) is 0.235. The largest absolute Gasteiger partial charge is 0.484 e. The van der Waals surface area contributed by atoms with E-state index < -0.39 is 5.91 Å². The summed E-state index contributed by atoms with van der Waals surface area (Å²) in [5.41, 5.74) is 2.96. The summed E-state index contributed by atoms with van der Waals surface area (Å²) in [5, 5.41) is 8.81. The second kappa shape index (κ2) is 6.52. The summed E-state index contributed by atoms with van der Waals surface area (Å²) >= 11 is 0. The van der Waals surface area contributed by atoms with Crippen molar-refractivity contribution in [2.45, 2.75) is 6.54 Å². The Hall–Kier alpha value is -3.33. The van der Waals surface area contributed by atoms with Crippen LogP contribution in [0.4, 0.5) is 5.69 Å². The quantitative estimate of drug-likeness (QED) is 0.620. The molecule has 0 saturated carbocycles. The van der Waals surface area contributed by atoms with Gasteiger partial charge in [0.15, 0.2) is 12.4 Å². The van der Waals surface area contributed by atoms with Gasteiger partial charge in [-0.15, -0.1) is 0 Å². The Morgan fingerprint density at radius 2 is 2.04 bits per heavy atom. The number of carbonyl (C=O) groups is 2. The van der Waals surface area contributed by atoms with Gasteiger partial charge in [0.05, 0.1) is 12.2 Å². The minimum absolute atomic E-state index is 0.101. The van der Waals surface area contributed by atoms with Crippen LogP contribution in [-0.2, 0) is 11.3 Å². The van der Waals surface area contributed by atoms with Gasteiger partial charge in [0.25, 0.3) is 17.7 Å². The molecule has 1 aromatic carbocycles. The lowest BCUT2D eigenvalue weighted by molar-refractivity contribution is -0.121. The molecule has 0 aliphatic carbocycles. The molecule has 9 nitrogen and oxygen atoms in total. The van der Waals surface area contributed by atoms with E-state index in [0.717, 1.165) is 5.56 Å². The smallest absolute Gasteiger partial charge is 0.274 e. The van der Waals surface area contributed by atoms with Crippen LogP contribution in [0.2, 0.25) is 0 Å². The summed E-state index contributed by atoms with van der Waals surface area (Å²) in [4.78, 5) is 29.7. The summed E-state index contributed by atoms with van der Waals surface area (Å²) in [5.74, 6) is 0.504. The van der Waals surface area contributed by atoms with Gasteiger partial charge in [0.1, 0.15) is 19.0 Å². The maximum Gasteiger partial charge on any atom is 0.274 e. The van der Waals surface area contributed by atoms with Gasteiger partial charge in [-0.2, -0.15) is 0 Å².